The smallest absolute Gasteiger partial charge is 0.235 e. The van der Waals surface area contributed by atoms with Crippen LogP contribution >= 0.6 is 15.9 Å². The number of ether oxygens (including phenoxy) is 1. The maximum Gasteiger partial charge on any atom is 0.235 e. The van der Waals surface area contributed by atoms with Crippen molar-refractivity contribution in [3.05, 3.63) is 22.2 Å². The van der Waals surface area contributed by atoms with E-state index in [0.717, 1.165) is 29.3 Å². The summed E-state index contributed by atoms with van der Waals surface area (Å²) in [5.74, 6) is 0.447. The van der Waals surface area contributed by atoms with Crippen LogP contribution in [0.2, 0.25) is 0 Å². The number of aliphatic imine (C=N–C) groups is 1. The van der Waals surface area contributed by atoms with Crippen LogP contribution in [-0.2, 0) is 10.3 Å². The molecule has 0 aromatic heterocycles. The summed E-state index contributed by atoms with van der Waals surface area (Å²) in [6.45, 7) is 0. The fourth-order valence-electron chi connectivity index (χ4n) is 2.10. The predicted molar refractivity (Wildman–Crippen MR) is 66.0 cm³/mol. The number of nitrogens with zero attached hydrogens (tertiary/aromatic N) is 1. The highest BCUT2D eigenvalue weighted by Gasteiger charge is 2.40. The third kappa shape index (κ3) is 1.96. The second kappa shape index (κ2) is 4.51. The molecule has 0 aliphatic heterocycles. The molecular weight excluding hydrogens is 286 g/mol. The zero-order valence-corrected chi connectivity index (χ0v) is 11.0. The van der Waals surface area contributed by atoms with Crippen molar-refractivity contribution in [3.63, 3.8) is 0 Å². The van der Waals surface area contributed by atoms with E-state index in [4.69, 9.17) is 4.74 Å². The van der Waals surface area contributed by atoms with E-state index in [1.54, 1.807) is 18.2 Å². The summed E-state index contributed by atoms with van der Waals surface area (Å²) in [5.41, 5.74) is 0.364. The number of aromatic hydroxyl groups is 1. The van der Waals surface area contributed by atoms with Crippen molar-refractivity contribution in [2.75, 3.05) is 7.11 Å². The molecule has 5 heteroatoms. The van der Waals surface area contributed by atoms with Gasteiger partial charge in [0.25, 0.3) is 0 Å². The summed E-state index contributed by atoms with van der Waals surface area (Å²) >= 11 is 3.39. The van der Waals surface area contributed by atoms with Crippen LogP contribution in [0.15, 0.2) is 21.6 Å². The van der Waals surface area contributed by atoms with Gasteiger partial charge in [-0.3, -0.25) is 0 Å². The van der Waals surface area contributed by atoms with Gasteiger partial charge in [0.2, 0.25) is 6.08 Å². The van der Waals surface area contributed by atoms with Gasteiger partial charge in [-0.1, -0.05) is 15.9 Å². The molecule has 1 aromatic rings. The lowest BCUT2D eigenvalue weighted by Gasteiger charge is -2.37. The van der Waals surface area contributed by atoms with E-state index in [1.165, 1.54) is 7.11 Å². The van der Waals surface area contributed by atoms with E-state index in [-0.39, 0.29) is 5.75 Å². The summed E-state index contributed by atoms with van der Waals surface area (Å²) < 4.78 is 5.80. The quantitative estimate of drug-likeness (QED) is 0.689. The molecule has 0 unspecified atom stereocenters. The van der Waals surface area contributed by atoms with Crippen LogP contribution in [0.3, 0.4) is 0 Å². The minimum atomic E-state index is -0.498. The van der Waals surface area contributed by atoms with Gasteiger partial charge in [0, 0.05) is 4.47 Å². The number of benzene rings is 1. The average molecular weight is 298 g/mol. The first kappa shape index (κ1) is 12.1. The van der Waals surface area contributed by atoms with Crippen molar-refractivity contribution in [2.45, 2.75) is 24.8 Å². The van der Waals surface area contributed by atoms with Crippen LogP contribution in [0.5, 0.6) is 11.5 Å². The van der Waals surface area contributed by atoms with Crippen LogP contribution in [0, 0.1) is 0 Å². The molecule has 17 heavy (non-hydrogen) atoms. The van der Waals surface area contributed by atoms with Gasteiger partial charge >= 0.3 is 0 Å². The highest BCUT2D eigenvalue weighted by atomic mass is 79.9. The molecule has 2 rings (SSSR count). The average Bonchev–Trinajstić information content (AvgIpc) is 2.24. The molecule has 90 valence electrons. The molecular formula is C12H12BrNO3. The minimum absolute atomic E-state index is 0.0627. The Morgan fingerprint density at radius 2 is 2.24 bits per heavy atom. The molecule has 1 saturated carbocycles. The van der Waals surface area contributed by atoms with Gasteiger partial charge in [-0.2, -0.15) is 4.99 Å². The van der Waals surface area contributed by atoms with Gasteiger partial charge in [-0.15, -0.1) is 0 Å². The fraction of sp³-hybridized carbons (Fsp3) is 0.417. The van der Waals surface area contributed by atoms with Crippen molar-refractivity contribution in [3.8, 4) is 11.5 Å². The van der Waals surface area contributed by atoms with Gasteiger partial charge < -0.3 is 9.84 Å². The first-order valence-electron chi connectivity index (χ1n) is 5.29. The summed E-state index contributed by atoms with van der Waals surface area (Å²) in [7, 11) is 1.49. The van der Waals surface area contributed by atoms with E-state index in [9.17, 15) is 9.90 Å². The number of hydrogen-bond acceptors (Lipinski definition) is 4. The van der Waals surface area contributed by atoms with E-state index in [1.807, 2.05) is 0 Å². The third-order valence-electron chi connectivity index (χ3n) is 3.21. The molecule has 0 amide bonds. The van der Waals surface area contributed by atoms with Crippen LogP contribution in [0.1, 0.15) is 24.8 Å². The Morgan fingerprint density at radius 3 is 2.71 bits per heavy atom. The van der Waals surface area contributed by atoms with E-state index >= 15 is 0 Å². The molecule has 0 atom stereocenters. The van der Waals surface area contributed by atoms with Crippen molar-refractivity contribution in [1.82, 2.24) is 0 Å². The molecule has 1 aliphatic carbocycles. The van der Waals surface area contributed by atoms with Crippen molar-refractivity contribution in [1.29, 1.82) is 0 Å². The summed E-state index contributed by atoms with van der Waals surface area (Å²) in [4.78, 5) is 14.5. The number of isocyanates is 1. The lowest BCUT2D eigenvalue weighted by Crippen LogP contribution is -2.32. The monoisotopic (exact) mass is 297 g/mol. The number of rotatable bonds is 3. The second-order valence-electron chi connectivity index (χ2n) is 4.09. The molecule has 4 nitrogen and oxygen atoms in total. The largest absolute Gasteiger partial charge is 0.504 e. The standard InChI is InChI=1S/C12H12BrNO3/c1-17-11-5-8(9(13)6-10(11)16)12(14-7-15)3-2-4-12/h5-6,16H,2-4H2,1H3. The lowest BCUT2D eigenvalue weighted by atomic mass is 9.72. The number of carbonyl (C=O) groups excluding carboxylic acids is 1. The third-order valence-corrected chi connectivity index (χ3v) is 3.87. The Bertz CT molecular complexity index is 491. The topological polar surface area (TPSA) is 58.9 Å². The van der Waals surface area contributed by atoms with E-state index in [2.05, 4.69) is 20.9 Å². The maximum atomic E-state index is 10.5. The van der Waals surface area contributed by atoms with Crippen molar-refractivity contribution in [2.24, 2.45) is 4.99 Å². The van der Waals surface area contributed by atoms with E-state index in [0.29, 0.717) is 5.75 Å². The highest BCUT2D eigenvalue weighted by Crippen LogP contribution is 2.49. The molecule has 0 bridgehead atoms. The Labute approximate surface area is 107 Å². The lowest BCUT2D eigenvalue weighted by molar-refractivity contribution is 0.253. The molecule has 1 fully saturated rings. The van der Waals surface area contributed by atoms with Gasteiger partial charge in [0.1, 0.15) is 0 Å². The number of halogens is 1. The molecule has 1 N–H and O–H groups in total. The number of phenolic OH excluding ortho intramolecular Hbond substituents is 1. The molecule has 0 saturated heterocycles. The molecule has 0 radical (unpaired) electrons. The zero-order valence-electron chi connectivity index (χ0n) is 9.36. The molecule has 0 spiro atoms. The summed E-state index contributed by atoms with van der Waals surface area (Å²) in [6, 6.07) is 3.29. The SMILES string of the molecule is COc1cc(C2(N=C=O)CCC2)c(Br)cc1O. The Kier molecular flexibility index (Phi) is 3.22. The van der Waals surface area contributed by atoms with Crippen molar-refractivity contribution < 1.29 is 14.6 Å². The zero-order chi connectivity index (χ0) is 12.5. The normalized spacial score (nSPS) is 16.8. The van der Waals surface area contributed by atoms with Gasteiger partial charge in [0.05, 0.1) is 12.6 Å². The van der Waals surface area contributed by atoms with Crippen LogP contribution in [0.25, 0.3) is 0 Å². The molecule has 0 heterocycles. The predicted octanol–water partition coefficient (Wildman–Crippen LogP) is 2.88. The fourth-order valence-corrected chi connectivity index (χ4v) is 2.80. The summed E-state index contributed by atoms with van der Waals surface area (Å²) in [6.07, 6.45) is 4.30. The van der Waals surface area contributed by atoms with Crippen LogP contribution in [-0.4, -0.2) is 18.3 Å². The van der Waals surface area contributed by atoms with Gasteiger partial charge in [0.15, 0.2) is 11.5 Å². The number of methoxy groups -OCH3 is 1. The highest BCUT2D eigenvalue weighted by molar-refractivity contribution is 9.10. The molecule has 1 aromatic carbocycles. The first-order chi connectivity index (χ1) is 8.13. The Morgan fingerprint density at radius 1 is 1.53 bits per heavy atom. The summed E-state index contributed by atoms with van der Waals surface area (Å²) in [5, 5.41) is 9.64. The number of phenols is 1. The van der Waals surface area contributed by atoms with Crippen LogP contribution in [0.4, 0.5) is 0 Å². The maximum absolute atomic E-state index is 10.5. The van der Waals surface area contributed by atoms with Crippen LogP contribution < -0.4 is 4.74 Å². The Balaban J connectivity index is 2.54. The van der Waals surface area contributed by atoms with Gasteiger partial charge in [-0.05, 0) is 37.0 Å². The van der Waals surface area contributed by atoms with E-state index < -0.39 is 5.54 Å². The number of hydrogen-bond donors (Lipinski definition) is 1. The molecule has 1 aliphatic rings. The Hall–Kier alpha value is -1.32. The first-order valence-corrected chi connectivity index (χ1v) is 6.08. The van der Waals surface area contributed by atoms with Gasteiger partial charge in [-0.25, -0.2) is 4.79 Å². The second-order valence-corrected chi connectivity index (χ2v) is 4.95. The minimum Gasteiger partial charge on any atom is -0.504 e. The van der Waals surface area contributed by atoms with Crippen molar-refractivity contribution >= 4 is 22.0 Å².